The Morgan fingerprint density at radius 2 is 2.00 bits per heavy atom. The van der Waals surface area contributed by atoms with Crippen molar-refractivity contribution in [1.82, 2.24) is 4.98 Å². The summed E-state index contributed by atoms with van der Waals surface area (Å²) in [7, 11) is 0. The molecular formula is C12H17N3O2. The molecule has 1 fully saturated rings. The Morgan fingerprint density at radius 1 is 1.35 bits per heavy atom. The Hall–Kier alpha value is -1.65. The van der Waals surface area contributed by atoms with Crippen LogP contribution in [0, 0.1) is 22.0 Å². The van der Waals surface area contributed by atoms with Crippen LogP contribution in [-0.4, -0.2) is 23.0 Å². The number of piperidine rings is 1. The second-order valence-electron chi connectivity index (χ2n) is 4.98. The van der Waals surface area contributed by atoms with Gasteiger partial charge in [0, 0.05) is 19.2 Å². The molecule has 5 heteroatoms. The molecule has 2 heterocycles. The van der Waals surface area contributed by atoms with Gasteiger partial charge < -0.3 is 4.90 Å². The zero-order valence-electron chi connectivity index (χ0n) is 10.2. The van der Waals surface area contributed by atoms with Gasteiger partial charge in [0.2, 0.25) is 0 Å². The van der Waals surface area contributed by atoms with Crippen molar-refractivity contribution < 1.29 is 4.92 Å². The molecule has 0 N–H and O–H groups in total. The third kappa shape index (κ3) is 2.72. The first-order chi connectivity index (χ1) is 8.06. The molecular weight excluding hydrogens is 218 g/mol. The van der Waals surface area contributed by atoms with E-state index < -0.39 is 4.92 Å². The van der Waals surface area contributed by atoms with Gasteiger partial charge in [-0.2, -0.15) is 0 Å². The number of nitrogens with zero attached hydrogens (tertiary/aromatic N) is 3. The molecule has 1 aliphatic heterocycles. The zero-order valence-corrected chi connectivity index (χ0v) is 10.2. The molecule has 1 aromatic heterocycles. The molecule has 1 saturated heterocycles. The highest BCUT2D eigenvalue weighted by Crippen LogP contribution is 2.25. The maximum atomic E-state index is 10.5. The molecule has 0 spiro atoms. The van der Waals surface area contributed by atoms with Crippen molar-refractivity contribution in [3.63, 3.8) is 0 Å². The highest BCUT2D eigenvalue weighted by atomic mass is 16.6. The average molecular weight is 235 g/mol. The smallest absolute Gasteiger partial charge is 0.287 e. The number of pyridine rings is 1. The average Bonchev–Trinajstić information content (AvgIpc) is 2.28. The maximum Gasteiger partial charge on any atom is 0.287 e. The third-order valence-electron chi connectivity index (χ3n) is 3.14. The standard InChI is InChI=1S/C12H17N3O2/c1-9-5-10(2)8-14(7-9)12-4-3-11(6-13-12)15(16)17/h3-4,6,9-10H,5,7-8H2,1-2H3/t9-,10-/m1/s1. The van der Waals surface area contributed by atoms with Crippen LogP contribution in [0.5, 0.6) is 0 Å². The van der Waals surface area contributed by atoms with Crippen molar-refractivity contribution in [2.75, 3.05) is 18.0 Å². The molecule has 0 bridgehead atoms. The van der Waals surface area contributed by atoms with Crippen LogP contribution in [0.2, 0.25) is 0 Å². The minimum atomic E-state index is -0.418. The van der Waals surface area contributed by atoms with Crippen LogP contribution in [0.25, 0.3) is 0 Å². The van der Waals surface area contributed by atoms with Gasteiger partial charge in [-0.1, -0.05) is 13.8 Å². The maximum absolute atomic E-state index is 10.5. The predicted molar refractivity (Wildman–Crippen MR) is 66.0 cm³/mol. The van der Waals surface area contributed by atoms with Crippen LogP contribution in [0.4, 0.5) is 11.5 Å². The molecule has 2 atom stereocenters. The minimum Gasteiger partial charge on any atom is -0.356 e. The van der Waals surface area contributed by atoms with Crippen molar-refractivity contribution in [3.05, 3.63) is 28.4 Å². The van der Waals surface area contributed by atoms with Gasteiger partial charge in [-0.05, 0) is 24.3 Å². The van der Waals surface area contributed by atoms with Gasteiger partial charge in [0.05, 0.1) is 4.92 Å². The van der Waals surface area contributed by atoms with E-state index in [1.54, 1.807) is 6.07 Å². The number of hydrogen-bond donors (Lipinski definition) is 0. The van der Waals surface area contributed by atoms with E-state index in [1.165, 1.54) is 18.7 Å². The molecule has 1 aliphatic rings. The van der Waals surface area contributed by atoms with E-state index in [0.717, 1.165) is 18.9 Å². The van der Waals surface area contributed by atoms with Gasteiger partial charge >= 0.3 is 0 Å². The Morgan fingerprint density at radius 3 is 2.47 bits per heavy atom. The summed E-state index contributed by atoms with van der Waals surface area (Å²) in [5.74, 6) is 2.14. The van der Waals surface area contributed by atoms with Gasteiger partial charge in [-0.3, -0.25) is 10.1 Å². The van der Waals surface area contributed by atoms with Crippen molar-refractivity contribution in [3.8, 4) is 0 Å². The molecule has 92 valence electrons. The zero-order chi connectivity index (χ0) is 12.4. The van der Waals surface area contributed by atoms with Crippen LogP contribution < -0.4 is 4.90 Å². The van der Waals surface area contributed by atoms with Gasteiger partial charge in [0.15, 0.2) is 0 Å². The van der Waals surface area contributed by atoms with Crippen molar-refractivity contribution >= 4 is 11.5 Å². The first-order valence-corrected chi connectivity index (χ1v) is 5.91. The molecule has 0 saturated carbocycles. The van der Waals surface area contributed by atoms with Gasteiger partial charge in [0.25, 0.3) is 5.69 Å². The Labute approximate surface area is 101 Å². The fourth-order valence-electron chi connectivity index (χ4n) is 2.52. The molecule has 0 aliphatic carbocycles. The largest absolute Gasteiger partial charge is 0.356 e. The SMILES string of the molecule is C[C@@H]1C[C@@H](C)CN(c2ccc([N+](=O)[O-])cn2)C1. The Balaban J connectivity index is 2.14. The van der Waals surface area contributed by atoms with E-state index in [4.69, 9.17) is 0 Å². The lowest BCUT2D eigenvalue weighted by Gasteiger charge is -2.35. The molecule has 2 rings (SSSR count). The van der Waals surface area contributed by atoms with Crippen LogP contribution in [0.15, 0.2) is 18.3 Å². The summed E-state index contributed by atoms with van der Waals surface area (Å²) in [5, 5.41) is 10.5. The lowest BCUT2D eigenvalue weighted by molar-refractivity contribution is -0.385. The fraction of sp³-hybridized carbons (Fsp3) is 0.583. The number of hydrogen-bond acceptors (Lipinski definition) is 4. The number of nitro groups is 1. The summed E-state index contributed by atoms with van der Waals surface area (Å²) >= 11 is 0. The second-order valence-corrected chi connectivity index (χ2v) is 4.98. The molecule has 0 aromatic carbocycles. The predicted octanol–water partition coefficient (Wildman–Crippen LogP) is 2.47. The number of aromatic nitrogens is 1. The van der Waals surface area contributed by atoms with E-state index in [1.807, 2.05) is 0 Å². The minimum absolute atomic E-state index is 0.0480. The van der Waals surface area contributed by atoms with Crippen LogP contribution >= 0.6 is 0 Å². The monoisotopic (exact) mass is 235 g/mol. The first kappa shape index (κ1) is 11.8. The highest BCUT2D eigenvalue weighted by molar-refractivity contribution is 5.43. The molecule has 0 radical (unpaired) electrons. The lowest BCUT2D eigenvalue weighted by Crippen LogP contribution is -2.39. The summed E-state index contributed by atoms with van der Waals surface area (Å²) in [5.41, 5.74) is 0.0480. The topological polar surface area (TPSA) is 59.3 Å². The summed E-state index contributed by atoms with van der Waals surface area (Å²) < 4.78 is 0. The van der Waals surface area contributed by atoms with Gasteiger partial charge in [-0.25, -0.2) is 4.98 Å². The first-order valence-electron chi connectivity index (χ1n) is 5.91. The van der Waals surface area contributed by atoms with Crippen LogP contribution in [0.3, 0.4) is 0 Å². The quantitative estimate of drug-likeness (QED) is 0.583. The fourth-order valence-corrected chi connectivity index (χ4v) is 2.52. The Bertz CT molecular complexity index is 395. The molecule has 0 amide bonds. The highest BCUT2D eigenvalue weighted by Gasteiger charge is 2.22. The van der Waals surface area contributed by atoms with E-state index >= 15 is 0 Å². The van der Waals surface area contributed by atoms with E-state index in [-0.39, 0.29) is 5.69 Å². The van der Waals surface area contributed by atoms with Gasteiger partial charge in [0.1, 0.15) is 12.0 Å². The van der Waals surface area contributed by atoms with E-state index in [0.29, 0.717) is 11.8 Å². The molecule has 5 nitrogen and oxygen atoms in total. The lowest BCUT2D eigenvalue weighted by atomic mass is 9.92. The van der Waals surface area contributed by atoms with E-state index in [9.17, 15) is 10.1 Å². The van der Waals surface area contributed by atoms with Crippen LogP contribution in [0.1, 0.15) is 20.3 Å². The normalized spacial score (nSPS) is 24.7. The van der Waals surface area contributed by atoms with E-state index in [2.05, 4.69) is 23.7 Å². The molecule has 1 aromatic rings. The molecule has 17 heavy (non-hydrogen) atoms. The summed E-state index contributed by atoms with van der Waals surface area (Å²) in [4.78, 5) is 16.5. The summed E-state index contributed by atoms with van der Waals surface area (Å²) in [6, 6.07) is 3.26. The molecule has 0 unspecified atom stereocenters. The van der Waals surface area contributed by atoms with Crippen molar-refractivity contribution in [2.24, 2.45) is 11.8 Å². The second kappa shape index (κ2) is 4.69. The number of rotatable bonds is 2. The summed E-state index contributed by atoms with van der Waals surface area (Å²) in [6.45, 7) is 6.42. The summed E-state index contributed by atoms with van der Waals surface area (Å²) in [6.07, 6.45) is 2.57. The number of anilines is 1. The van der Waals surface area contributed by atoms with Gasteiger partial charge in [-0.15, -0.1) is 0 Å². The van der Waals surface area contributed by atoms with Crippen molar-refractivity contribution in [2.45, 2.75) is 20.3 Å². The van der Waals surface area contributed by atoms with Crippen LogP contribution in [-0.2, 0) is 0 Å². The third-order valence-corrected chi connectivity index (χ3v) is 3.14. The Kier molecular flexibility index (Phi) is 3.26. The van der Waals surface area contributed by atoms with Crippen molar-refractivity contribution in [1.29, 1.82) is 0 Å².